The summed E-state index contributed by atoms with van der Waals surface area (Å²) in [6.07, 6.45) is 4.09. The number of aromatic amines is 1. The first-order valence-corrected chi connectivity index (χ1v) is 6.55. The molecule has 2 aromatic rings. The average molecular weight is 257 g/mol. The molecule has 4 nitrogen and oxygen atoms in total. The van der Waals surface area contributed by atoms with Gasteiger partial charge in [-0.2, -0.15) is 0 Å². The Hall–Kier alpha value is -2.10. The van der Waals surface area contributed by atoms with Gasteiger partial charge < -0.3 is 9.72 Å². The van der Waals surface area contributed by atoms with Crippen molar-refractivity contribution >= 4 is 22.7 Å². The van der Waals surface area contributed by atoms with E-state index < -0.39 is 12.1 Å². The van der Waals surface area contributed by atoms with Crippen LogP contribution in [0.4, 0.5) is 0 Å². The second kappa shape index (κ2) is 4.88. The second-order valence-corrected chi connectivity index (χ2v) is 4.85. The maximum Gasteiger partial charge on any atom is 0.341 e. The van der Waals surface area contributed by atoms with E-state index in [0.717, 1.165) is 23.7 Å². The highest BCUT2D eigenvalue weighted by Gasteiger charge is 2.27. The summed E-state index contributed by atoms with van der Waals surface area (Å²) >= 11 is 0. The number of aromatic nitrogens is 1. The van der Waals surface area contributed by atoms with Gasteiger partial charge in [0, 0.05) is 23.5 Å². The Morgan fingerprint density at radius 2 is 2.11 bits per heavy atom. The van der Waals surface area contributed by atoms with Crippen LogP contribution in [0.15, 0.2) is 30.5 Å². The van der Waals surface area contributed by atoms with E-state index in [1.165, 1.54) is 0 Å². The molecule has 1 aliphatic carbocycles. The van der Waals surface area contributed by atoms with Crippen molar-refractivity contribution in [2.24, 2.45) is 0 Å². The molecule has 0 unspecified atom stereocenters. The number of carbonyl (C=O) groups excluding carboxylic acids is 2. The highest BCUT2D eigenvalue weighted by atomic mass is 16.5. The van der Waals surface area contributed by atoms with Crippen LogP contribution in [-0.2, 0) is 9.53 Å². The van der Waals surface area contributed by atoms with Crippen molar-refractivity contribution in [3.63, 3.8) is 0 Å². The predicted octanol–water partition coefficient (Wildman–Crippen LogP) is 2.84. The van der Waals surface area contributed by atoms with Crippen molar-refractivity contribution in [1.82, 2.24) is 4.98 Å². The van der Waals surface area contributed by atoms with Crippen LogP contribution in [0.1, 0.15) is 36.0 Å². The minimum atomic E-state index is -0.560. The van der Waals surface area contributed by atoms with Crippen LogP contribution >= 0.6 is 0 Å². The molecule has 1 fully saturated rings. The lowest BCUT2D eigenvalue weighted by atomic mass is 9.96. The number of benzene rings is 1. The summed E-state index contributed by atoms with van der Waals surface area (Å²) in [4.78, 5) is 26.8. The van der Waals surface area contributed by atoms with E-state index >= 15 is 0 Å². The molecule has 0 spiro atoms. The molecule has 0 amide bonds. The quantitative estimate of drug-likeness (QED) is 0.841. The first-order chi connectivity index (χ1) is 9.25. The third-order valence-electron chi connectivity index (χ3n) is 3.56. The normalized spacial score (nSPS) is 19.6. The summed E-state index contributed by atoms with van der Waals surface area (Å²) in [5.41, 5.74) is 1.39. The third-order valence-corrected chi connectivity index (χ3v) is 3.56. The van der Waals surface area contributed by atoms with Crippen molar-refractivity contribution in [2.45, 2.75) is 31.8 Å². The molecule has 0 bridgehead atoms. The van der Waals surface area contributed by atoms with Crippen LogP contribution in [0.3, 0.4) is 0 Å². The molecule has 1 N–H and O–H groups in total. The summed E-state index contributed by atoms with van der Waals surface area (Å²) in [7, 11) is 0. The number of ketones is 1. The van der Waals surface area contributed by atoms with Crippen LogP contribution in [0.5, 0.6) is 0 Å². The van der Waals surface area contributed by atoms with E-state index in [2.05, 4.69) is 4.98 Å². The Morgan fingerprint density at radius 3 is 2.95 bits per heavy atom. The predicted molar refractivity (Wildman–Crippen MR) is 71.0 cm³/mol. The van der Waals surface area contributed by atoms with E-state index in [9.17, 15) is 9.59 Å². The summed E-state index contributed by atoms with van der Waals surface area (Å²) in [6, 6.07) is 7.54. The first kappa shape index (κ1) is 12.0. The molecule has 1 saturated carbocycles. The van der Waals surface area contributed by atoms with E-state index in [0.29, 0.717) is 18.4 Å². The molecule has 0 saturated heterocycles. The number of H-pyrrole nitrogens is 1. The molecule has 0 aliphatic heterocycles. The standard InChI is InChI=1S/C15H15NO3/c17-13-7-3-4-8-14(13)19-15(18)11-9-16-12-6-2-1-5-10(11)12/h1-2,5-6,9,14,16H,3-4,7-8H2/t14-/m0/s1. The lowest BCUT2D eigenvalue weighted by Crippen LogP contribution is -2.30. The molecule has 1 aliphatic rings. The van der Waals surface area contributed by atoms with Crippen molar-refractivity contribution < 1.29 is 14.3 Å². The molecule has 19 heavy (non-hydrogen) atoms. The van der Waals surface area contributed by atoms with Gasteiger partial charge >= 0.3 is 5.97 Å². The van der Waals surface area contributed by atoms with Crippen molar-refractivity contribution in [3.05, 3.63) is 36.0 Å². The molecule has 1 aromatic heterocycles. The number of hydrogen-bond acceptors (Lipinski definition) is 3. The van der Waals surface area contributed by atoms with E-state index in [1.54, 1.807) is 6.20 Å². The Kier molecular flexibility index (Phi) is 3.07. The average Bonchev–Trinajstić information content (AvgIpc) is 2.85. The minimum Gasteiger partial charge on any atom is -0.451 e. The van der Waals surface area contributed by atoms with Gasteiger partial charge in [-0.25, -0.2) is 4.79 Å². The lowest BCUT2D eigenvalue weighted by molar-refractivity contribution is -0.129. The van der Waals surface area contributed by atoms with Crippen LogP contribution < -0.4 is 0 Å². The minimum absolute atomic E-state index is 0.0411. The summed E-state index contributed by atoms with van der Waals surface area (Å²) in [5, 5.41) is 0.829. The fraction of sp³-hybridized carbons (Fsp3) is 0.333. The molecule has 3 rings (SSSR count). The number of rotatable bonds is 2. The molecule has 4 heteroatoms. The molecule has 1 aromatic carbocycles. The van der Waals surface area contributed by atoms with Gasteiger partial charge in [0.15, 0.2) is 11.9 Å². The number of esters is 1. The molecule has 1 atom stereocenters. The SMILES string of the molecule is O=C(O[C@H]1CCCCC1=O)c1c[nH]c2ccccc12. The fourth-order valence-electron chi connectivity index (χ4n) is 2.51. The number of hydrogen-bond donors (Lipinski definition) is 1. The molecular formula is C15H15NO3. The van der Waals surface area contributed by atoms with Gasteiger partial charge in [-0.05, 0) is 25.3 Å². The van der Waals surface area contributed by atoms with Crippen LogP contribution in [0.25, 0.3) is 10.9 Å². The highest BCUT2D eigenvalue weighted by Crippen LogP contribution is 2.22. The monoisotopic (exact) mass is 257 g/mol. The lowest BCUT2D eigenvalue weighted by Gasteiger charge is -2.20. The zero-order chi connectivity index (χ0) is 13.2. The zero-order valence-electron chi connectivity index (χ0n) is 10.5. The van der Waals surface area contributed by atoms with Crippen LogP contribution in [-0.4, -0.2) is 22.8 Å². The van der Waals surface area contributed by atoms with E-state index in [-0.39, 0.29) is 5.78 Å². The smallest absolute Gasteiger partial charge is 0.341 e. The van der Waals surface area contributed by atoms with E-state index in [4.69, 9.17) is 4.74 Å². The van der Waals surface area contributed by atoms with Crippen LogP contribution in [0.2, 0.25) is 0 Å². The molecular weight excluding hydrogens is 242 g/mol. The Bertz CT molecular complexity index is 629. The Balaban J connectivity index is 1.82. The summed E-state index contributed by atoms with van der Waals surface area (Å²) in [6.45, 7) is 0. The molecule has 0 radical (unpaired) electrons. The zero-order valence-corrected chi connectivity index (χ0v) is 10.5. The van der Waals surface area contributed by atoms with Crippen LogP contribution in [0, 0.1) is 0 Å². The molecule has 1 heterocycles. The van der Waals surface area contributed by atoms with Gasteiger partial charge in [0.2, 0.25) is 0 Å². The number of nitrogens with one attached hydrogen (secondary N) is 1. The number of fused-ring (bicyclic) bond motifs is 1. The van der Waals surface area contributed by atoms with Crippen molar-refractivity contribution in [3.8, 4) is 0 Å². The second-order valence-electron chi connectivity index (χ2n) is 4.85. The van der Waals surface area contributed by atoms with Gasteiger partial charge in [-0.3, -0.25) is 4.79 Å². The summed E-state index contributed by atoms with van der Waals surface area (Å²) in [5.74, 6) is -0.378. The maximum absolute atomic E-state index is 12.1. The fourth-order valence-corrected chi connectivity index (χ4v) is 2.51. The Morgan fingerprint density at radius 1 is 1.26 bits per heavy atom. The van der Waals surface area contributed by atoms with Gasteiger partial charge in [0.1, 0.15) is 0 Å². The largest absolute Gasteiger partial charge is 0.451 e. The van der Waals surface area contributed by atoms with Crippen molar-refractivity contribution in [2.75, 3.05) is 0 Å². The van der Waals surface area contributed by atoms with E-state index in [1.807, 2.05) is 24.3 Å². The highest BCUT2D eigenvalue weighted by molar-refractivity contribution is 6.04. The third kappa shape index (κ3) is 2.26. The van der Waals surface area contributed by atoms with Gasteiger partial charge in [0.25, 0.3) is 0 Å². The molecule has 98 valence electrons. The first-order valence-electron chi connectivity index (χ1n) is 6.55. The van der Waals surface area contributed by atoms with Gasteiger partial charge in [0.05, 0.1) is 5.56 Å². The number of para-hydroxylation sites is 1. The topological polar surface area (TPSA) is 59.2 Å². The summed E-state index contributed by atoms with van der Waals surface area (Å²) < 4.78 is 5.35. The number of ether oxygens (including phenoxy) is 1. The number of carbonyl (C=O) groups is 2. The van der Waals surface area contributed by atoms with Gasteiger partial charge in [-0.1, -0.05) is 18.2 Å². The van der Waals surface area contributed by atoms with Gasteiger partial charge in [-0.15, -0.1) is 0 Å². The number of Topliss-reactive ketones (excluding diaryl/α,β-unsaturated/α-hetero) is 1. The maximum atomic E-state index is 12.1. The van der Waals surface area contributed by atoms with Crippen molar-refractivity contribution in [1.29, 1.82) is 0 Å². The Labute approximate surface area is 110 Å².